The van der Waals surface area contributed by atoms with E-state index in [4.69, 9.17) is 11.6 Å². The number of piperazine rings is 1. The third-order valence-electron chi connectivity index (χ3n) is 5.08. The summed E-state index contributed by atoms with van der Waals surface area (Å²) in [4.78, 5) is 28.0. The molecule has 2 aromatic rings. The van der Waals surface area contributed by atoms with Gasteiger partial charge in [-0.15, -0.1) is 0 Å². The van der Waals surface area contributed by atoms with Crippen molar-refractivity contribution in [1.29, 1.82) is 0 Å². The summed E-state index contributed by atoms with van der Waals surface area (Å²) in [5, 5.41) is 0.649. The van der Waals surface area contributed by atoms with Gasteiger partial charge in [0.1, 0.15) is 5.82 Å². The summed E-state index contributed by atoms with van der Waals surface area (Å²) in [6.07, 6.45) is 7.50. The number of pyridine rings is 2. The van der Waals surface area contributed by atoms with Crippen molar-refractivity contribution in [2.75, 3.05) is 49.1 Å². The first-order chi connectivity index (χ1) is 12.7. The second-order valence-corrected chi connectivity index (χ2v) is 7.08. The highest BCUT2D eigenvalue weighted by Crippen LogP contribution is 2.27. The average Bonchev–Trinajstić information content (AvgIpc) is 3.23. The van der Waals surface area contributed by atoms with Crippen LogP contribution in [-0.2, 0) is 0 Å². The Balaban J connectivity index is 1.47. The van der Waals surface area contributed by atoms with Crippen LogP contribution in [0.15, 0.2) is 36.8 Å². The van der Waals surface area contributed by atoms with Crippen LogP contribution in [0.1, 0.15) is 23.2 Å². The van der Waals surface area contributed by atoms with Gasteiger partial charge in [-0.2, -0.15) is 0 Å². The minimum atomic E-state index is 0.0699. The largest absolute Gasteiger partial charge is 0.367 e. The standard InChI is InChI=1S/C19H22ClN5O/c20-16-14-21-7-5-17(16)23-10-12-25(13-11-23)19(26)15-4-3-6-22-18(15)24-8-1-2-9-24/h3-7,14H,1-2,8-13H2. The van der Waals surface area contributed by atoms with Crippen LogP contribution < -0.4 is 9.80 Å². The molecule has 0 aromatic carbocycles. The highest BCUT2D eigenvalue weighted by Gasteiger charge is 2.27. The zero-order chi connectivity index (χ0) is 17.9. The van der Waals surface area contributed by atoms with Gasteiger partial charge in [0.15, 0.2) is 0 Å². The minimum absolute atomic E-state index is 0.0699. The van der Waals surface area contributed by atoms with Crippen molar-refractivity contribution >= 4 is 29.0 Å². The van der Waals surface area contributed by atoms with Crippen molar-refractivity contribution in [3.63, 3.8) is 0 Å². The number of amides is 1. The molecule has 1 amide bonds. The lowest BCUT2D eigenvalue weighted by atomic mass is 10.2. The van der Waals surface area contributed by atoms with Crippen LogP contribution >= 0.6 is 11.6 Å². The predicted octanol–water partition coefficient (Wildman–Crippen LogP) is 2.69. The molecule has 26 heavy (non-hydrogen) atoms. The van der Waals surface area contributed by atoms with E-state index in [9.17, 15) is 4.79 Å². The van der Waals surface area contributed by atoms with E-state index in [0.717, 1.165) is 50.5 Å². The predicted molar refractivity (Wildman–Crippen MR) is 103 cm³/mol. The fourth-order valence-corrected chi connectivity index (χ4v) is 3.93. The van der Waals surface area contributed by atoms with E-state index in [1.165, 1.54) is 0 Å². The number of carbonyl (C=O) groups excluding carboxylic acids is 1. The molecule has 2 fully saturated rings. The molecule has 0 bridgehead atoms. The molecule has 2 aliphatic rings. The van der Waals surface area contributed by atoms with E-state index in [2.05, 4.69) is 19.8 Å². The molecule has 0 radical (unpaired) electrons. The van der Waals surface area contributed by atoms with Gasteiger partial charge in [0.05, 0.1) is 16.3 Å². The van der Waals surface area contributed by atoms with Gasteiger partial charge < -0.3 is 14.7 Å². The van der Waals surface area contributed by atoms with E-state index < -0.39 is 0 Å². The number of carbonyl (C=O) groups is 1. The van der Waals surface area contributed by atoms with Crippen LogP contribution in [0.5, 0.6) is 0 Å². The Hall–Kier alpha value is -2.34. The van der Waals surface area contributed by atoms with Gasteiger partial charge in [-0.3, -0.25) is 9.78 Å². The second kappa shape index (κ2) is 7.50. The molecule has 0 unspecified atom stereocenters. The molecular weight excluding hydrogens is 350 g/mol. The summed E-state index contributed by atoms with van der Waals surface area (Å²) in [6, 6.07) is 5.67. The molecule has 0 saturated carbocycles. The van der Waals surface area contributed by atoms with Crippen molar-refractivity contribution in [2.45, 2.75) is 12.8 Å². The summed E-state index contributed by atoms with van der Waals surface area (Å²) < 4.78 is 0. The normalized spacial score (nSPS) is 17.7. The first-order valence-corrected chi connectivity index (χ1v) is 9.45. The molecule has 0 aliphatic carbocycles. The summed E-state index contributed by atoms with van der Waals surface area (Å²) >= 11 is 6.25. The summed E-state index contributed by atoms with van der Waals surface area (Å²) in [5.41, 5.74) is 1.69. The number of hydrogen-bond donors (Lipinski definition) is 0. The maximum Gasteiger partial charge on any atom is 0.257 e. The average molecular weight is 372 g/mol. The van der Waals surface area contributed by atoms with Crippen LogP contribution in [0.25, 0.3) is 0 Å². The van der Waals surface area contributed by atoms with E-state index in [0.29, 0.717) is 23.7 Å². The number of halogens is 1. The molecule has 7 heteroatoms. The lowest BCUT2D eigenvalue weighted by Gasteiger charge is -2.36. The van der Waals surface area contributed by atoms with Crippen molar-refractivity contribution in [3.05, 3.63) is 47.4 Å². The topological polar surface area (TPSA) is 52.6 Å². The van der Waals surface area contributed by atoms with E-state index in [1.54, 1.807) is 18.6 Å². The molecule has 0 atom stereocenters. The maximum atomic E-state index is 13.1. The molecule has 6 nitrogen and oxygen atoms in total. The van der Waals surface area contributed by atoms with Crippen LogP contribution in [0, 0.1) is 0 Å². The number of anilines is 2. The third-order valence-corrected chi connectivity index (χ3v) is 5.37. The molecule has 0 N–H and O–H groups in total. The van der Waals surface area contributed by atoms with Crippen LogP contribution in [0.2, 0.25) is 5.02 Å². The first-order valence-electron chi connectivity index (χ1n) is 9.08. The monoisotopic (exact) mass is 371 g/mol. The van der Waals surface area contributed by atoms with Crippen molar-refractivity contribution in [1.82, 2.24) is 14.9 Å². The molecule has 2 aliphatic heterocycles. The summed E-state index contributed by atoms with van der Waals surface area (Å²) in [6.45, 7) is 4.82. The second-order valence-electron chi connectivity index (χ2n) is 6.68. The molecule has 0 spiro atoms. The zero-order valence-electron chi connectivity index (χ0n) is 14.6. The number of hydrogen-bond acceptors (Lipinski definition) is 5. The SMILES string of the molecule is O=C(c1cccnc1N1CCCC1)N1CCN(c2ccncc2Cl)CC1. The fraction of sp³-hybridized carbons (Fsp3) is 0.421. The first kappa shape index (κ1) is 17.1. The van der Waals surface area contributed by atoms with E-state index >= 15 is 0 Å². The third kappa shape index (κ3) is 3.33. The molecule has 2 aromatic heterocycles. The number of aromatic nitrogens is 2. The smallest absolute Gasteiger partial charge is 0.257 e. The van der Waals surface area contributed by atoms with E-state index in [-0.39, 0.29) is 5.91 Å². The lowest BCUT2D eigenvalue weighted by molar-refractivity contribution is 0.0747. The Morgan fingerprint density at radius 2 is 1.73 bits per heavy atom. The van der Waals surface area contributed by atoms with Gasteiger partial charge in [0.2, 0.25) is 0 Å². The Labute approximate surface area is 158 Å². The van der Waals surface area contributed by atoms with Gasteiger partial charge in [-0.25, -0.2) is 4.98 Å². The zero-order valence-corrected chi connectivity index (χ0v) is 15.4. The van der Waals surface area contributed by atoms with Gasteiger partial charge in [-0.1, -0.05) is 11.6 Å². The molecule has 2 saturated heterocycles. The number of rotatable bonds is 3. The quantitative estimate of drug-likeness (QED) is 0.830. The number of nitrogens with zero attached hydrogens (tertiary/aromatic N) is 5. The summed E-state index contributed by atoms with van der Waals surface area (Å²) in [5.74, 6) is 0.898. The Kier molecular flexibility index (Phi) is 4.93. The Bertz CT molecular complexity index is 785. The van der Waals surface area contributed by atoms with Gasteiger partial charge in [-0.05, 0) is 31.0 Å². The van der Waals surface area contributed by atoms with Crippen molar-refractivity contribution in [3.8, 4) is 0 Å². The van der Waals surface area contributed by atoms with E-state index in [1.807, 2.05) is 23.1 Å². The van der Waals surface area contributed by atoms with Crippen molar-refractivity contribution < 1.29 is 4.79 Å². The maximum absolute atomic E-state index is 13.1. The summed E-state index contributed by atoms with van der Waals surface area (Å²) in [7, 11) is 0. The van der Waals surface area contributed by atoms with Gasteiger partial charge >= 0.3 is 0 Å². The van der Waals surface area contributed by atoms with Crippen LogP contribution in [-0.4, -0.2) is 60.0 Å². The minimum Gasteiger partial charge on any atom is -0.367 e. The highest BCUT2D eigenvalue weighted by molar-refractivity contribution is 6.33. The Morgan fingerprint density at radius 1 is 0.962 bits per heavy atom. The molecule has 136 valence electrons. The van der Waals surface area contributed by atoms with Gasteiger partial charge in [0, 0.05) is 57.9 Å². The van der Waals surface area contributed by atoms with Crippen LogP contribution in [0.3, 0.4) is 0 Å². The van der Waals surface area contributed by atoms with Crippen molar-refractivity contribution in [2.24, 2.45) is 0 Å². The Morgan fingerprint density at radius 3 is 2.46 bits per heavy atom. The lowest BCUT2D eigenvalue weighted by Crippen LogP contribution is -2.49. The van der Waals surface area contributed by atoms with Crippen LogP contribution in [0.4, 0.5) is 11.5 Å². The highest BCUT2D eigenvalue weighted by atomic mass is 35.5. The fourth-order valence-electron chi connectivity index (χ4n) is 3.69. The van der Waals surface area contributed by atoms with Gasteiger partial charge in [0.25, 0.3) is 5.91 Å². The molecular formula is C19H22ClN5O. The molecule has 4 heterocycles. The molecule has 4 rings (SSSR count).